The van der Waals surface area contributed by atoms with E-state index in [-0.39, 0.29) is 24.2 Å². The lowest BCUT2D eigenvalue weighted by Crippen LogP contribution is -2.52. The highest BCUT2D eigenvalue weighted by Crippen LogP contribution is 2.55. The lowest BCUT2D eigenvalue weighted by atomic mass is 9.69. The van der Waals surface area contributed by atoms with Gasteiger partial charge < -0.3 is 33.9 Å². The van der Waals surface area contributed by atoms with Crippen molar-refractivity contribution < 1.29 is 43.5 Å². The van der Waals surface area contributed by atoms with Gasteiger partial charge in [0.1, 0.15) is 34.4 Å². The van der Waals surface area contributed by atoms with E-state index in [0.29, 0.717) is 16.9 Å². The zero-order valence-electron chi connectivity index (χ0n) is 16.5. The average molecular weight is 406 g/mol. The smallest absolute Gasteiger partial charge is 0.366 e. The van der Waals surface area contributed by atoms with Gasteiger partial charge in [0.25, 0.3) is 5.79 Å². The van der Waals surface area contributed by atoms with Gasteiger partial charge in [0, 0.05) is 37.2 Å². The second kappa shape index (κ2) is 6.19. The van der Waals surface area contributed by atoms with Gasteiger partial charge >= 0.3 is 11.9 Å². The molecule has 0 spiro atoms. The molecule has 2 N–H and O–H groups in total. The van der Waals surface area contributed by atoms with E-state index in [0.717, 1.165) is 0 Å². The number of hydrogen-bond acceptors (Lipinski definition) is 9. The van der Waals surface area contributed by atoms with Gasteiger partial charge in [-0.25, -0.2) is 9.59 Å². The lowest BCUT2D eigenvalue weighted by Gasteiger charge is -2.45. The number of aliphatic hydroxyl groups is 1. The van der Waals surface area contributed by atoms with Crippen molar-refractivity contribution in [2.45, 2.75) is 42.9 Å². The number of aromatic hydroxyl groups is 1. The van der Waals surface area contributed by atoms with E-state index in [2.05, 4.69) is 0 Å². The van der Waals surface area contributed by atoms with Crippen LogP contribution < -0.4 is 4.74 Å². The Balaban J connectivity index is 1.87. The van der Waals surface area contributed by atoms with E-state index in [1.54, 1.807) is 19.1 Å². The van der Waals surface area contributed by atoms with Gasteiger partial charge in [-0.2, -0.15) is 0 Å². The monoisotopic (exact) mass is 406 g/mol. The molecule has 1 aromatic rings. The van der Waals surface area contributed by atoms with Crippen molar-refractivity contribution in [3.8, 4) is 11.5 Å². The number of fused-ring (bicyclic) bond motifs is 4. The number of benzene rings is 1. The van der Waals surface area contributed by atoms with Crippen LogP contribution >= 0.6 is 0 Å². The Kier molecular flexibility index (Phi) is 4.20. The van der Waals surface area contributed by atoms with E-state index in [4.69, 9.17) is 23.7 Å². The number of esters is 2. The second-order valence-corrected chi connectivity index (χ2v) is 7.71. The van der Waals surface area contributed by atoms with Gasteiger partial charge in [-0.3, -0.25) is 0 Å². The van der Waals surface area contributed by atoms with Crippen LogP contribution in [-0.4, -0.2) is 66.6 Å². The van der Waals surface area contributed by atoms with Gasteiger partial charge in [-0.15, -0.1) is 0 Å². The Bertz CT molecular complexity index is 938. The van der Waals surface area contributed by atoms with Crippen LogP contribution in [0.15, 0.2) is 18.2 Å². The third-order valence-electron chi connectivity index (χ3n) is 5.88. The van der Waals surface area contributed by atoms with Crippen molar-refractivity contribution in [2.75, 3.05) is 21.3 Å². The van der Waals surface area contributed by atoms with Crippen molar-refractivity contribution in [2.24, 2.45) is 0 Å². The minimum Gasteiger partial charge on any atom is -0.507 e. The van der Waals surface area contributed by atoms with Crippen LogP contribution in [-0.2, 0) is 23.7 Å². The summed E-state index contributed by atoms with van der Waals surface area (Å²) in [6, 6.07) is 2.94. The fourth-order valence-corrected chi connectivity index (χ4v) is 4.57. The molecule has 2 heterocycles. The normalized spacial score (nSPS) is 35.0. The maximum atomic E-state index is 12.6. The van der Waals surface area contributed by atoms with Crippen molar-refractivity contribution in [3.63, 3.8) is 0 Å². The molecule has 4 unspecified atom stereocenters. The maximum absolute atomic E-state index is 12.6. The maximum Gasteiger partial charge on any atom is 0.366 e. The first-order chi connectivity index (χ1) is 13.6. The quantitative estimate of drug-likeness (QED) is 0.712. The molecular weight excluding hydrogens is 384 g/mol. The predicted molar refractivity (Wildman–Crippen MR) is 97.3 cm³/mol. The number of rotatable bonds is 3. The Hall–Kier alpha value is -2.62. The van der Waals surface area contributed by atoms with E-state index in [1.165, 1.54) is 27.4 Å². The summed E-state index contributed by atoms with van der Waals surface area (Å²) in [5.74, 6) is -3.19. The Labute approximate surface area is 166 Å². The molecule has 3 aliphatic rings. The molecule has 0 saturated carbocycles. The Morgan fingerprint density at radius 3 is 2.59 bits per heavy atom. The molecule has 0 aromatic heterocycles. The first-order valence-electron chi connectivity index (χ1n) is 9.02. The molecule has 1 aliphatic carbocycles. The molecule has 0 bridgehead atoms. The van der Waals surface area contributed by atoms with Gasteiger partial charge in [0.2, 0.25) is 0 Å². The third-order valence-corrected chi connectivity index (χ3v) is 5.88. The summed E-state index contributed by atoms with van der Waals surface area (Å²) in [6.07, 6.45) is 0.433. The molecule has 29 heavy (non-hydrogen) atoms. The largest absolute Gasteiger partial charge is 0.507 e. The molecule has 0 radical (unpaired) electrons. The summed E-state index contributed by atoms with van der Waals surface area (Å²) in [7, 11) is 3.93. The van der Waals surface area contributed by atoms with Gasteiger partial charge in [0.05, 0.1) is 14.2 Å². The average Bonchev–Trinajstić information content (AvgIpc) is 2.96. The summed E-state index contributed by atoms with van der Waals surface area (Å²) in [6.45, 7) is 1.66. The number of phenolic OH excluding ortho intramolecular Hbond substituents is 1. The van der Waals surface area contributed by atoms with Crippen LogP contribution in [0.1, 0.15) is 35.7 Å². The summed E-state index contributed by atoms with van der Waals surface area (Å²) < 4.78 is 26.7. The standard InChI is InChI=1S/C20H22O9/c1-18-8-19(24)9-20(27-4,17(23)26-3)28-14(19)7-12(18)11-5-10(25-2)6-13(21)15(11)16(22)29-18/h5-7,14,21,24H,8-9H2,1-4H3. The van der Waals surface area contributed by atoms with Crippen LogP contribution in [0.5, 0.6) is 11.5 Å². The van der Waals surface area contributed by atoms with E-state index in [9.17, 15) is 19.8 Å². The number of carbonyl (C=O) groups excluding carboxylic acids is 2. The summed E-state index contributed by atoms with van der Waals surface area (Å²) >= 11 is 0. The highest BCUT2D eigenvalue weighted by molar-refractivity contribution is 6.03. The number of ether oxygens (including phenoxy) is 5. The highest BCUT2D eigenvalue weighted by atomic mass is 16.7. The van der Waals surface area contributed by atoms with E-state index in [1.807, 2.05) is 0 Å². The van der Waals surface area contributed by atoms with Crippen LogP contribution in [0.25, 0.3) is 5.57 Å². The molecule has 1 saturated heterocycles. The molecule has 0 amide bonds. The topological polar surface area (TPSA) is 121 Å². The zero-order valence-corrected chi connectivity index (χ0v) is 16.5. The summed E-state index contributed by atoms with van der Waals surface area (Å²) in [4.78, 5) is 24.9. The van der Waals surface area contributed by atoms with Gasteiger partial charge in [-0.05, 0) is 19.1 Å². The summed E-state index contributed by atoms with van der Waals surface area (Å²) in [5.41, 5.74) is -1.80. The SMILES string of the molecule is COC(=O)C1(OC)CC2(O)CC3(C)OC(=O)c4c(O)cc(OC)cc4C3=CC2O1. The lowest BCUT2D eigenvalue weighted by molar-refractivity contribution is -0.226. The fraction of sp³-hybridized carbons (Fsp3) is 0.500. The van der Waals surface area contributed by atoms with Crippen LogP contribution in [0, 0.1) is 0 Å². The van der Waals surface area contributed by atoms with E-state index < -0.39 is 35.0 Å². The fourth-order valence-electron chi connectivity index (χ4n) is 4.57. The van der Waals surface area contributed by atoms with Gasteiger partial charge in [-0.1, -0.05) is 0 Å². The van der Waals surface area contributed by atoms with Gasteiger partial charge in [0.15, 0.2) is 0 Å². The number of hydrogen-bond donors (Lipinski definition) is 2. The van der Waals surface area contributed by atoms with Crippen molar-refractivity contribution >= 4 is 17.5 Å². The van der Waals surface area contributed by atoms with Crippen molar-refractivity contribution in [1.29, 1.82) is 0 Å². The predicted octanol–water partition coefficient (Wildman–Crippen LogP) is 1.15. The first kappa shape index (κ1) is 19.7. The molecular formula is C20H22O9. The molecule has 1 aromatic carbocycles. The molecule has 4 atom stereocenters. The molecule has 1 fully saturated rings. The van der Waals surface area contributed by atoms with Crippen LogP contribution in [0.3, 0.4) is 0 Å². The zero-order chi connectivity index (χ0) is 21.2. The van der Waals surface area contributed by atoms with Crippen LogP contribution in [0.4, 0.5) is 0 Å². The van der Waals surface area contributed by atoms with Crippen molar-refractivity contribution in [1.82, 2.24) is 0 Å². The minimum atomic E-state index is -1.78. The highest BCUT2D eigenvalue weighted by Gasteiger charge is 2.65. The van der Waals surface area contributed by atoms with Crippen molar-refractivity contribution in [3.05, 3.63) is 29.3 Å². The third kappa shape index (κ3) is 2.65. The molecule has 4 rings (SSSR count). The molecule has 156 valence electrons. The molecule has 9 nitrogen and oxygen atoms in total. The first-order valence-corrected chi connectivity index (χ1v) is 9.02. The Morgan fingerprint density at radius 1 is 1.24 bits per heavy atom. The number of carbonyl (C=O) groups is 2. The molecule has 9 heteroatoms. The molecule has 2 aliphatic heterocycles. The number of methoxy groups -OCH3 is 3. The summed E-state index contributed by atoms with van der Waals surface area (Å²) in [5, 5.41) is 21.6. The second-order valence-electron chi connectivity index (χ2n) is 7.71. The Morgan fingerprint density at radius 2 is 1.97 bits per heavy atom. The van der Waals surface area contributed by atoms with E-state index >= 15 is 0 Å². The van der Waals surface area contributed by atoms with Crippen LogP contribution in [0.2, 0.25) is 0 Å². The minimum absolute atomic E-state index is 0.00364. The number of phenols is 1.